The quantitative estimate of drug-likeness (QED) is 0.619. The lowest BCUT2D eigenvalue weighted by Gasteiger charge is -2.39. The van der Waals surface area contributed by atoms with Crippen LogP contribution in [0, 0.1) is 0 Å². The Morgan fingerprint density at radius 2 is 1.59 bits per heavy atom. The average molecular weight is 324 g/mol. The summed E-state index contributed by atoms with van der Waals surface area (Å²) in [5, 5.41) is 37.9. The van der Waals surface area contributed by atoms with E-state index in [1.54, 1.807) is 0 Å². The van der Waals surface area contributed by atoms with Gasteiger partial charge >= 0.3 is 6.18 Å². The molecule has 0 aromatic heterocycles. The van der Waals surface area contributed by atoms with Crippen LogP contribution < -0.4 is 4.74 Å². The second-order valence-electron chi connectivity index (χ2n) is 4.84. The minimum Gasteiger partial charge on any atom is -0.462 e. The van der Waals surface area contributed by atoms with E-state index in [-0.39, 0.29) is 5.75 Å². The largest absolute Gasteiger partial charge is 0.462 e. The standard InChI is InChI=1S/C13H15F3O6/c14-13(15,16)6-1-3-7(4-2-6)21-12-11(20)10(19)9(18)8(5-17)22-12/h1-4,8-12,17-20H,5H2/t8-,9-,10+,11-,12-/m1/s1. The molecule has 0 unspecified atom stereocenters. The monoisotopic (exact) mass is 324 g/mol. The van der Waals surface area contributed by atoms with Crippen LogP contribution in [0.2, 0.25) is 0 Å². The number of hydrogen-bond acceptors (Lipinski definition) is 6. The van der Waals surface area contributed by atoms with Crippen LogP contribution in [0.1, 0.15) is 5.56 Å². The number of rotatable bonds is 3. The zero-order valence-corrected chi connectivity index (χ0v) is 11.1. The Hall–Kier alpha value is -1.39. The molecule has 1 aliphatic rings. The van der Waals surface area contributed by atoms with Gasteiger partial charge in [-0.2, -0.15) is 13.2 Å². The van der Waals surface area contributed by atoms with Gasteiger partial charge in [-0.05, 0) is 24.3 Å². The van der Waals surface area contributed by atoms with Crippen molar-refractivity contribution < 1.29 is 43.1 Å². The lowest BCUT2D eigenvalue weighted by atomic mass is 9.99. The van der Waals surface area contributed by atoms with Gasteiger partial charge in [0, 0.05) is 0 Å². The van der Waals surface area contributed by atoms with Crippen LogP contribution in [0.15, 0.2) is 24.3 Å². The smallest absolute Gasteiger partial charge is 0.416 e. The Labute approximate surface area is 123 Å². The predicted molar refractivity (Wildman–Crippen MR) is 65.8 cm³/mol. The third-order valence-electron chi connectivity index (χ3n) is 3.28. The molecular formula is C13H15F3O6. The molecule has 22 heavy (non-hydrogen) atoms. The molecule has 1 fully saturated rings. The normalized spacial score (nSPS) is 32.8. The summed E-state index contributed by atoms with van der Waals surface area (Å²) in [4.78, 5) is 0. The fraction of sp³-hybridized carbons (Fsp3) is 0.538. The highest BCUT2D eigenvalue weighted by Gasteiger charge is 2.44. The van der Waals surface area contributed by atoms with Crippen molar-refractivity contribution in [3.8, 4) is 5.75 Å². The highest BCUT2D eigenvalue weighted by atomic mass is 19.4. The SMILES string of the molecule is OC[C@H]1O[C@@H](Oc2ccc(C(F)(F)F)cc2)[C@H](O)[C@@H](O)[C@@H]1O. The van der Waals surface area contributed by atoms with E-state index >= 15 is 0 Å². The molecule has 0 saturated carbocycles. The molecule has 9 heteroatoms. The number of aliphatic hydroxyl groups is 4. The van der Waals surface area contributed by atoms with Gasteiger partial charge in [0.1, 0.15) is 30.2 Å². The number of aliphatic hydroxyl groups excluding tert-OH is 4. The molecule has 4 N–H and O–H groups in total. The summed E-state index contributed by atoms with van der Waals surface area (Å²) in [7, 11) is 0. The van der Waals surface area contributed by atoms with E-state index in [4.69, 9.17) is 14.6 Å². The predicted octanol–water partition coefficient (Wildman–Crippen LogP) is -0.116. The number of alkyl halides is 3. The van der Waals surface area contributed by atoms with E-state index in [0.717, 1.165) is 24.3 Å². The van der Waals surface area contributed by atoms with Gasteiger partial charge in [-0.3, -0.25) is 0 Å². The van der Waals surface area contributed by atoms with E-state index in [2.05, 4.69) is 0 Å². The first-order chi connectivity index (χ1) is 10.2. The van der Waals surface area contributed by atoms with Gasteiger partial charge in [-0.1, -0.05) is 0 Å². The lowest BCUT2D eigenvalue weighted by Crippen LogP contribution is -2.60. The number of benzene rings is 1. The summed E-state index contributed by atoms with van der Waals surface area (Å²) < 4.78 is 47.6. The fourth-order valence-electron chi connectivity index (χ4n) is 2.02. The Morgan fingerprint density at radius 3 is 2.09 bits per heavy atom. The van der Waals surface area contributed by atoms with Crippen molar-refractivity contribution in [2.24, 2.45) is 0 Å². The van der Waals surface area contributed by atoms with Gasteiger partial charge in [0.2, 0.25) is 6.29 Å². The number of ether oxygens (including phenoxy) is 2. The van der Waals surface area contributed by atoms with Crippen molar-refractivity contribution in [2.75, 3.05) is 6.61 Å². The second kappa shape index (κ2) is 6.39. The molecule has 6 nitrogen and oxygen atoms in total. The maximum atomic E-state index is 12.4. The van der Waals surface area contributed by atoms with Crippen LogP contribution in [0.25, 0.3) is 0 Å². The van der Waals surface area contributed by atoms with Gasteiger partial charge in [0.15, 0.2) is 0 Å². The maximum Gasteiger partial charge on any atom is 0.416 e. The van der Waals surface area contributed by atoms with Crippen LogP contribution >= 0.6 is 0 Å². The summed E-state index contributed by atoms with van der Waals surface area (Å²) in [5.74, 6) is -0.0303. The molecule has 0 aliphatic carbocycles. The molecule has 0 spiro atoms. The van der Waals surface area contributed by atoms with Crippen molar-refractivity contribution in [3.05, 3.63) is 29.8 Å². The Morgan fingerprint density at radius 1 is 1.00 bits per heavy atom. The first-order valence-corrected chi connectivity index (χ1v) is 6.38. The molecule has 1 aromatic carbocycles. The Balaban J connectivity index is 2.09. The molecule has 0 bridgehead atoms. The zero-order valence-electron chi connectivity index (χ0n) is 11.1. The summed E-state index contributed by atoms with van der Waals surface area (Å²) in [6.45, 7) is -0.627. The van der Waals surface area contributed by atoms with Crippen molar-refractivity contribution in [3.63, 3.8) is 0 Å². The molecule has 0 radical (unpaired) electrons. The van der Waals surface area contributed by atoms with E-state index in [1.165, 1.54) is 0 Å². The molecule has 1 heterocycles. The van der Waals surface area contributed by atoms with Gasteiger partial charge in [-0.25, -0.2) is 0 Å². The minimum absolute atomic E-state index is 0.0303. The lowest BCUT2D eigenvalue weighted by molar-refractivity contribution is -0.277. The van der Waals surface area contributed by atoms with Crippen molar-refractivity contribution in [1.29, 1.82) is 0 Å². The van der Waals surface area contributed by atoms with Crippen molar-refractivity contribution >= 4 is 0 Å². The first-order valence-electron chi connectivity index (χ1n) is 6.38. The molecule has 124 valence electrons. The second-order valence-corrected chi connectivity index (χ2v) is 4.84. The van der Waals surface area contributed by atoms with Crippen molar-refractivity contribution in [2.45, 2.75) is 36.9 Å². The maximum absolute atomic E-state index is 12.4. The number of hydrogen-bond donors (Lipinski definition) is 4. The van der Waals surface area contributed by atoms with Crippen LogP contribution in [0.4, 0.5) is 13.2 Å². The molecule has 1 aromatic rings. The summed E-state index contributed by atoms with van der Waals surface area (Å²) in [6, 6.07) is 3.65. The summed E-state index contributed by atoms with van der Waals surface area (Å²) >= 11 is 0. The van der Waals surface area contributed by atoms with Crippen LogP contribution in [0.3, 0.4) is 0 Å². The highest BCUT2D eigenvalue weighted by Crippen LogP contribution is 2.31. The average Bonchev–Trinajstić information content (AvgIpc) is 2.47. The van der Waals surface area contributed by atoms with Crippen molar-refractivity contribution in [1.82, 2.24) is 0 Å². The van der Waals surface area contributed by atoms with Crippen LogP contribution in [-0.2, 0) is 10.9 Å². The third-order valence-corrected chi connectivity index (χ3v) is 3.28. The zero-order chi connectivity index (χ0) is 16.5. The van der Waals surface area contributed by atoms with Gasteiger partial charge in [0.05, 0.1) is 12.2 Å². The van der Waals surface area contributed by atoms with Gasteiger partial charge in [-0.15, -0.1) is 0 Å². The Bertz CT molecular complexity index is 490. The van der Waals surface area contributed by atoms with E-state index in [9.17, 15) is 28.5 Å². The Kier molecular flexibility index (Phi) is 4.93. The number of halogens is 3. The third kappa shape index (κ3) is 3.50. The minimum atomic E-state index is -4.48. The van der Waals surface area contributed by atoms with E-state index < -0.39 is 49.1 Å². The van der Waals surface area contributed by atoms with E-state index in [1.807, 2.05) is 0 Å². The van der Waals surface area contributed by atoms with Gasteiger partial charge in [0.25, 0.3) is 0 Å². The topological polar surface area (TPSA) is 99.4 Å². The van der Waals surface area contributed by atoms with Crippen LogP contribution in [0.5, 0.6) is 5.75 Å². The van der Waals surface area contributed by atoms with Crippen LogP contribution in [-0.4, -0.2) is 57.7 Å². The molecule has 0 amide bonds. The highest BCUT2D eigenvalue weighted by molar-refractivity contribution is 5.29. The summed E-state index contributed by atoms with van der Waals surface area (Å²) in [5.41, 5.74) is -0.867. The fourth-order valence-corrected chi connectivity index (χ4v) is 2.02. The summed E-state index contributed by atoms with van der Waals surface area (Å²) in [6.07, 6.45) is -11.9. The molecule has 5 atom stereocenters. The molecule has 1 saturated heterocycles. The molecule has 2 rings (SSSR count). The molecular weight excluding hydrogens is 309 g/mol. The first kappa shape index (κ1) is 17.0. The molecule has 1 aliphatic heterocycles. The van der Waals surface area contributed by atoms with E-state index in [0.29, 0.717) is 0 Å². The van der Waals surface area contributed by atoms with Gasteiger partial charge < -0.3 is 29.9 Å².